The number of sulfone groups is 1. The molecule has 3 N–H and O–H groups in total. The van der Waals surface area contributed by atoms with Crippen LogP contribution in [0.25, 0.3) is 0 Å². The fourth-order valence-corrected chi connectivity index (χ4v) is 2.20. The maximum atomic E-state index is 12.8. The van der Waals surface area contributed by atoms with Crippen LogP contribution >= 0.6 is 0 Å². The Hall–Kier alpha value is -0.980. The van der Waals surface area contributed by atoms with Crippen molar-refractivity contribution in [2.75, 3.05) is 6.26 Å². The van der Waals surface area contributed by atoms with Gasteiger partial charge >= 0.3 is 0 Å². The van der Waals surface area contributed by atoms with Gasteiger partial charge < -0.3 is 0 Å². The number of hydrogen-bond acceptors (Lipinski definition) is 4. The zero-order chi connectivity index (χ0) is 13.3. The molecule has 0 fully saturated rings. The smallest absolute Gasteiger partial charge is 0.154 e. The highest BCUT2D eigenvalue weighted by molar-refractivity contribution is 7.92. The third-order valence-corrected chi connectivity index (χ3v) is 5.17. The maximum absolute atomic E-state index is 12.8. The predicted molar refractivity (Wildman–Crippen MR) is 65.4 cm³/mol. The topological polar surface area (TPSA) is 72.2 Å². The Morgan fingerprint density at radius 1 is 1.29 bits per heavy atom. The average molecular weight is 260 g/mol. The lowest BCUT2D eigenvalue weighted by Gasteiger charge is -2.32. The molecule has 0 heterocycles. The fraction of sp³-hybridized carbons (Fsp3) is 0.455. The van der Waals surface area contributed by atoms with E-state index in [0.29, 0.717) is 5.56 Å². The summed E-state index contributed by atoms with van der Waals surface area (Å²) in [6.07, 6.45) is 1.15. The van der Waals surface area contributed by atoms with E-state index in [1.165, 1.54) is 24.3 Å². The Morgan fingerprint density at radius 3 is 2.12 bits per heavy atom. The van der Waals surface area contributed by atoms with Crippen molar-refractivity contribution in [2.24, 2.45) is 5.84 Å². The number of benzene rings is 1. The van der Waals surface area contributed by atoms with Crippen molar-refractivity contribution in [3.63, 3.8) is 0 Å². The molecule has 0 bridgehead atoms. The van der Waals surface area contributed by atoms with Gasteiger partial charge in [-0.25, -0.2) is 12.8 Å². The second-order valence-corrected chi connectivity index (χ2v) is 7.12. The number of hydrazine groups is 1. The summed E-state index contributed by atoms with van der Waals surface area (Å²) in [4.78, 5) is 0. The molecule has 1 aromatic carbocycles. The van der Waals surface area contributed by atoms with Gasteiger partial charge in [-0.1, -0.05) is 12.1 Å². The first kappa shape index (κ1) is 14.1. The van der Waals surface area contributed by atoms with Crippen molar-refractivity contribution >= 4 is 9.84 Å². The maximum Gasteiger partial charge on any atom is 0.154 e. The standard InChI is InChI=1S/C11H17FN2O2S/c1-11(2,17(3,15)16)10(14-13)8-4-6-9(12)7-5-8/h4-7,10,14H,13H2,1-3H3. The Balaban J connectivity index is 3.21. The molecular weight excluding hydrogens is 243 g/mol. The van der Waals surface area contributed by atoms with E-state index in [2.05, 4.69) is 5.43 Å². The molecule has 1 atom stereocenters. The number of nitrogens with two attached hydrogens (primary N) is 1. The van der Waals surface area contributed by atoms with Crippen LogP contribution in [0.4, 0.5) is 4.39 Å². The first-order chi connectivity index (χ1) is 7.70. The molecule has 0 spiro atoms. The van der Waals surface area contributed by atoms with Crippen LogP contribution in [0.2, 0.25) is 0 Å². The van der Waals surface area contributed by atoms with Crippen molar-refractivity contribution in [3.8, 4) is 0 Å². The van der Waals surface area contributed by atoms with Crippen LogP contribution in [0.5, 0.6) is 0 Å². The van der Waals surface area contributed by atoms with E-state index in [1.807, 2.05) is 0 Å². The van der Waals surface area contributed by atoms with Gasteiger partial charge in [-0.3, -0.25) is 11.3 Å². The minimum Gasteiger partial charge on any atom is -0.271 e. The van der Waals surface area contributed by atoms with E-state index in [-0.39, 0.29) is 5.82 Å². The van der Waals surface area contributed by atoms with Crippen LogP contribution < -0.4 is 11.3 Å². The number of rotatable bonds is 4. The van der Waals surface area contributed by atoms with Crippen LogP contribution in [0.15, 0.2) is 24.3 Å². The van der Waals surface area contributed by atoms with E-state index in [1.54, 1.807) is 13.8 Å². The van der Waals surface area contributed by atoms with Gasteiger partial charge in [-0.15, -0.1) is 0 Å². The highest BCUT2D eigenvalue weighted by atomic mass is 32.2. The van der Waals surface area contributed by atoms with Crippen molar-refractivity contribution in [1.29, 1.82) is 0 Å². The lowest BCUT2D eigenvalue weighted by Crippen LogP contribution is -2.47. The highest BCUT2D eigenvalue weighted by Gasteiger charge is 2.39. The van der Waals surface area contributed by atoms with Crippen molar-refractivity contribution in [3.05, 3.63) is 35.6 Å². The highest BCUT2D eigenvalue weighted by Crippen LogP contribution is 2.31. The molecule has 1 rings (SSSR count). The predicted octanol–water partition coefficient (Wildman–Crippen LogP) is 1.15. The van der Waals surface area contributed by atoms with Crippen LogP contribution in [-0.4, -0.2) is 19.4 Å². The minimum absolute atomic E-state index is 0.373. The Labute approximate surface area is 101 Å². The normalized spacial score (nSPS) is 14.6. The molecule has 0 aromatic heterocycles. The lowest BCUT2D eigenvalue weighted by atomic mass is 9.96. The summed E-state index contributed by atoms with van der Waals surface area (Å²) in [5, 5.41) is 0. The third-order valence-electron chi connectivity index (χ3n) is 3.02. The van der Waals surface area contributed by atoms with Gasteiger partial charge in [0.05, 0.1) is 10.8 Å². The Morgan fingerprint density at radius 2 is 1.76 bits per heavy atom. The zero-order valence-electron chi connectivity index (χ0n) is 10.1. The van der Waals surface area contributed by atoms with E-state index in [4.69, 9.17) is 5.84 Å². The van der Waals surface area contributed by atoms with E-state index < -0.39 is 20.6 Å². The SMILES string of the molecule is CC(C)(C(NN)c1ccc(F)cc1)S(C)(=O)=O. The first-order valence-electron chi connectivity index (χ1n) is 5.11. The minimum atomic E-state index is -3.31. The Kier molecular flexibility index (Phi) is 3.91. The fourth-order valence-electron chi connectivity index (χ4n) is 1.57. The van der Waals surface area contributed by atoms with Gasteiger partial charge in [0.15, 0.2) is 9.84 Å². The molecule has 1 aromatic rings. The molecule has 0 aliphatic rings. The summed E-state index contributed by atoms with van der Waals surface area (Å²) in [6, 6.07) is 4.99. The van der Waals surface area contributed by atoms with Gasteiger partial charge in [0.1, 0.15) is 5.82 Å². The van der Waals surface area contributed by atoms with Gasteiger partial charge in [-0.2, -0.15) is 0 Å². The summed E-state index contributed by atoms with van der Waals surface area (Å²) in [5.41, 5.74) is 3.11. The molecule has 17 heavy (non-hydrogen) atoms. The van der Waals surface area contributed by atoms with Crippen LogP contribution in [0.1, 0.15) is 25.5 Å². The van der Waals surface area contributed by atoms with Gasteiger partial charge in [-0.05, 0) is 31.5 Å². The quantitative estimate of drug-likeness (QED) is 0.629. The molecular formula is C11H17FN2O2S. The molecule has 6 heteroatoms. The van der Waals surface area contributed by atoms with E-state index in [0.717, 1.165) is 6.26 Å². The molecule has 0 radical (unpaired) electrons. The summed E-state index contributed by atoms with van der Waals surface area (Å²) in [5.74, 6) is 5.04. The molecule has 1 unspecified atom stereocenters. The number of hydrogen-bond donors (Lipinski definition) is 2. The van der Waals surface area contributed by atoms with Gasteiger partial charge in [0, 0.05) is 6.26 Å². The second kappa shape index (κ2) is 4.72. The monoisotopic (exact) mass is 260 g/mol. The molecule has 0 aliphatic heterocycles. The zero-order valence-corrected chi connectivity index (χ0v) is 10.9. The van der Waals surface area contributed by atoms with Crippen molar-refractivity contribution < 1.29 is 12.8 Å². The molecule has 4 nitrogen and oxygen atoms in total. The third kappa shape index (κ3) is 2.83. The molecule has 0 amide bonds. The number of nitrogens with one attached hydrogen (secondary N) is 1. The summed E-state index contributed by atoms with van der Waals surface area (Å²) in [7, 11) is -3.31. The summed E-state index contributed by atoms with van der Waals surface area (Å²) in [6.45, 7) is 3.16. The van der Waals surface area contributed by atoms with Crippen LogP contribution in [-0.2, 0) is 9.84 Å². The van der Waals surface area contributed by atoms with Crippen molar-refractivity contribution in [1.82, 2.24) is 5.43 Å². The van der Waals surface area contributed by atoms with E-state index >= 15 is 0 Å². The molecule has 0 aliphatic carbocycles. The second-order valence-electron chi connectivity index (χ2n) is 4.53. The molecule has 0 saturated carbocycles. The van der Waals surface area contributed by atoms with Gasteiger partial charge in [0.2, 0.25) is 0 Å². The lowest BCUT2D eigenvalue weighted by molar-refractivity contribution is 0.427. The van der Waals surface area contributed by atoms with E-state index in [9.17, 15) is 12.8 Å². The van der Waals surface area contributed by atoms with Crippen LogP contribution in [0.3, 0.4) is 0 Å². The Bertz CT molecular complexity index is 483. The van der Waals surface area contributed by atoms with Crippen molar-refractivity contribution in [2.45, 2.75) is 24.6 Å². The summed E-state index contributed by atoms with van der Waals surface area (Å²) >= 11 is 0. The van der Waals surface area contributed by atoms with Gasteiger partial charge in [0.25, 0.3) is 0 Å². The van der Waals surface area contributed by atoms with Crippen LogP contribution in [0, 0.1) is 5.82 Å². The number of halogens is 1. The first-order valence-corrected chi connectivity index (χ1v) is 7.00. The largest absolute Gasteiger partial charge is 0.271 e. The molecule has 0 saturated heterocycles. The molecule has 96 valence electrons. The summed E-state index contributed by atoms with van der Waals surface area (Å²) < 4.78 is 35.2. The average Bonchev–Trinajstić information content (AvgIpc) is 2.20.